The Hall–Kier alpha value is -2.63. The van der Waals surface area contributed by atoms with Gasteiger partial charge in [0.15, 0.2) is 6.10 Å². The zero-order chi connectivity index (χ0) is 56.4. The van der Waals surface area contributed by atoms with Crippen LogP contribution in [0.15, 0.2) is 48.6 Å². The van der Waals surface area contributed by atoms with Gasteiger partial charge in [-0.05, 0) is 57.8 Å². The van der Waals surface area contributed by atoms with E-state index in [1.807, 2.05) is 0 Å². The maximum Gasteiger partial charge on any atom is 0.306 e. The topological polar surface area (TPSA) is 78.9 Å². The summed E-state index contributed by atoms with van der Waals surface area (Å²) >= 11 is 0. The van der Waals surface area contributed by atoms with Gasteiger partial charge in [0, 0.05) is 19.3 Å². The third-order valence-electron chi connectivity index (χ3n) is 15.6. The molecule has 0 aromatic rings. The summed E-state index contributed by atoms with van der Waals surface area (Å²) in [4.78, 5) is 38.4. The Balaban J connectivity index is 4.23. The number of hydrogen-bond donors (Lipinski definition) is 0. The second-order valence-corrected chi connectivity index (χ2v) is 23.4. The molecule has 0 saturated carbocycles. The lowest BCUT2D eigenvalue weighted by molar-refractivity contribution is -0.167. The molecule has 0 amide bonds. The monoisotopic (exact) mass is 1090 g/mol. The third kappa shape index (κ3) is 64.2. The summed E-state index contributed by atoms with van der Waals surface area (Å²) in [6.07, 6.45) is 84.3. The SMILES string of the molecule is CC/C=C\C/C=C\C/C=C\C/C=C\CCCCCCC(=O)OC(COC(=O)CCCCCCCCCCCCCCCCC)COC(=O)CCCCCCCCCCCCCCCCCCCCCCCCCCCCCC. The molecule has 0 aromatic heterocycles. The average molecular weight is 1090 g/mol. The van der Waals surface area contributed by atoms with E-state index in [4.69, 9.17) is 14.2 Å². The number of esters is 3. The summed E-state index contributed by atoms with van der Waals surface area (Å²) in [5, 5.41) is 0. The van der Waals surface area contributed by atoms with Crippen molar-refractivity contribution in [3.8, 4) is 0 Å². The molecule has 0 heterocycles. The van der Waals surface area contributed by atoms with Gasteiger partial charge in [0.25, 0.3) is 0 Å². The number of hydrogen-bond acceptors (Lipinski definition) is 6. The molecule has 0 N–H and O–H groups in total. The van der Waals surface area contributed by atoms with Crippen molar-refractivity contribution in [2.24, 2.45) is 0 Å². The number of carbonyl (C=O) groups excluding carboxylic acids is 3. The van der Waals surface area contributed by atoms with Gasteiger partial charge >= 0.3 is 17.9 Å². The molecule has 0 spiro atoms. The van der Waals surface area contributed by atoms with Crippen LogP contribution in [-0.2, 0) is 28.6 Å². The maximum atomic E-state index is 12.9. The van der Waals surface area contributed by atoms with Crippen LogP contribution in [0, 0.1) is 0 Å². The van der Waals surface area contributed by atoms with E-state index in [-0.39, 0.29) is 31.1 Å². The second kappa shape index (κ2) is 66.9. The largest absolute Gasteiger partial charge is 0.462 e. The lowest BCUT2D eigenvalue weighted by atomic mass is 10.0. The van der Waals surface area contributed by atoms with Crippen LogP contribution in [0.2, 0.25) is 0 Å². The van der Waals surface area contributed by atoms with Crippen molar-refractivity contribution in [3.63, 3.8) is 0 Å². The van der Waals surface area contributed by atoms with Crippen LogP contribution in [0.5, 0.6) is 0 Å². The number of allylic oxidation sites excluding steroid dienone is 8. The van der Waals surface area contributed by atoms with Gasteiger partial charge in [-0.3, -0.25) is 14.4 Å². The zero-order valence-electron chi connectivity index (χ0n) is 52.5. The highest BCUT2D eigenvalue weighted by molar-refractivity contribution is 5.71. The molecule has 0 aliphatic heterocycles. The Kier molecular flexibility index (Phi) is 64.6. The molecule has 0 aliphatic rings. The van der Waals surface area contributed by atoms with E-state index in [2.05, 4.69) is 69.4 Å². The fraction of sp³-hybridized carbons (Fsp3) is 0.847. The predicted octanol–water partition coefficient (Wildman–Crippen LogP) is 23.7. The van der Waals surface area contributed by atoms with E-state index < -0.39 is 6.10 Å². The molecular weight excluding hydrogens is 961 g/mol. The van der Waals surface area contributed by atoms with Crippen LogP contribution in [0.3, 0.4) is 0 Å². The third-order valence-corrected chi connectivity index (χ3v) is 15.6. The van der Waals surface area contributed by atoms with Crippen molar-refractivity contribution < 1.29 is 28.6 Å². The highest BCUT2D eigenvalue weighted by atomic mass is 16.6. The van der Waals surface area contributed by atoms with Gasteiger partial charge in [-0.15, -0.1) is 0 Å². The minimum Gasteiger partial charge on any atom is -0.462 e. The summed E-state index contributed by atoms with van der Waals surface area (Å²) < 4.78 is 17.0. The molecule has 0 aliphatic carbocycles. The highest BCUT2D eigenvalue weighted by Crippen LogP contribution is 2.19. The van der Waals surface area contributed by atoms with Crippen molar-refractivity contribution in [3.05, 3.63) is 48.6 Å². The molecule has 456 valence electrons. The molecule has 1 atom stereocenters. The van der Waals surface area contributed by atoms with Crippen LogP contribution < -0.4 is 0 Å². The molecule has 0 fully saturated rings. The fourth-order valence-electron chi connectivity index (χ4n) is 10.4. The molecule has 6 nitrogen and oxygen atoms in total. The van der Waals surface area contributed by atoms with Crippen molar-refractivity contribution in [1.29, 1.82) is 0 Å². The van der Waals surface area contributed by atoms with Crippen molar-refractivity contribution in [1.82, 2.24) is 0 Å². The Morgan fingerprint density at radius 2 is 0.500 bits per heavy atom. The molecule has 0 rings (SSSR count). The normalized spacial score (nSPS) is 12.3. The first-order valence-corrected chi connectivity index (χ1v) is 34.6. The lowest BCUT2D eigenvalue weighted by Crippen LogP contribution is -2.30. The van der Waals surface area contributed by atoms with Crippen LogP contribution in [0.25, 0.3) is 0 Å². The number of ether oxygens (including phenoxy) is 3. The smallest absolute Gasteiger partial charge is 0.306 e. The molecule has 1 unspecified atom stereocenters. The molecule has 0 aromatic carbocycles. The summed E-state index contributed by atoms with van der Waals surface area (Å²) in [7, 11) is 0. The van der Waals surface area contributed by atoms with Gasteiger partial charge in [0.2, 0.25) is 0 Å². The summed E-state index contributed by atoms with van der Waals surface area (Å²) in [6, 6.07) is 0. The van der Waals surface area contributed by atoms with Crippen LogP contribution in [0.4, 0.5) is 0 Å². The lowest BCUT2D eigenvalue weighted by Gasteiger charge is -2.18. The van der Waals surface area contributed by atoms with Crippen molar-refractivity contribution in [2.75, 3.05) is 13.2 Å². The summed E-state index contributed by atoms with van der Waals surface area (Å²) in [6.45, 7) is 6.58. The molecule has 0 saturated heterocycles. The standard InChI is InChI=1S/C72H132O6/c1-4-7-10-13-16-19-22-25-28-30-31-32-33-34-35-36-37-38-39-40-42-44-47-50-53-56-59-62-65-71(74)77-68-69(67-76-70(73)64-61-58-55-52-49-46-43-27-24-21-18-15-12-9-6-3)78-72(75)66-63-60-57-54-51-48-45-41-29-26-23-20-17-14-11-8-5-2/h8,11,17,20,26,29,45,48,69H,4-7,9-10,12-16,18-19,21-25,27-28,30-44,46-47,49-68H2,1-3H3/b11-8-,20-17-,29-26-,48-45-. The minimum atomic E-state index is -0.784. The van der Waals surface area contributed by atoms with Gasteiger partial charge in [-0.2, -0.15) is 0 Å². The second-order valence-electron chi connectivity index (χ2n) is 23.4. The molecular formula is C72H132O6. The first-order chi connectivity index (χ1) is 38.5. The van der Waals surface area contributed by atoms with E-state index in [9.17, 15) is 14.4 Å². The number of unbranched alkanes of at least 4 members (excludes halogenated alkanes) is 45. The molecule has 6 heteroatoms. The summed E-state index contributed by atoms with van der Waals surface area (Å²) in [5.74, 6) is -0.876. The quantitative estimate of drug-likeness (QED) is 0.0261. The molecule has 0 bridgehead atoms. The molecule has 0 radical (unpaired) electrons. The van der Waals surface area contributed by atoms with E-state index in [0.717, 1.165) is 96.3 Å². The maximum absolute atomic E-state index is 12.9. The van der Waals surface area contributed by atoms with E-state index >= 15 is 0 Å². The van der Waals surface area contributed by atoms with Crippen molar-refractivity contribution in [2.45, 2.75) is 380 Å². The molecule has 78 heavy (non-hydrogen) atoms. The van der Waals surface area contributed by atoms with E-state index in [1.54, 1.807) is 0 Å². The first-order valence-electron chi connectivity index (χ1n) is 34.6. The Labute approximate surface area is 486 Å². The zero-order valence-corrected chi connectivity index (χ0v) is 52.5. The highest BCUT2D eigenvalue weighted by Gasteiger charge is 2.19. The Bertz CT molecular complexity index is 1350. The van der Waals surface area contributed by atoms with Gasteiger partial charge in [-0.25, -0.2) is 0 Å². The van der Waals surface area contributed by atoms with Crippen LogP contribution in [0.1, 0.15) is 374 Å². The summed E-state index contributed by atoms with van der Waals surface area (Å²) in [5.41, 5.74) is 0. The Morgan fingerprint density at radius 3 is 0.782 bits per heavy atom. The predicted molar refractivity (Wildman–Crippen MR) is 339 cm³/mol. The van der Waals surface area contributed by atoms with Gasteiger partial charge in [0.1, 0.15) is 13.2 Å². The van der Waals surface area contributed by atoms with Gasteiger partial charge < -0.3 is 14.2 Å². The van der Waals surface area contributed by atoms with Crippen molar-refractivity contribution >= 4 is 17.9 Å². The number of rotatable bonds is 64. The fourth-order valence-corrected chi connectivity index (χ4v) is 10.4. The minimum absolute atomic E-state index is 0.0782. The average Bonchev–Trinajstić information content (AvgIpc) is 3.44. The Morgan fingerprint density at radius 1 is 0.269 bits per heavy atom. The van der Waals surface area contributed by atoms with Gasteiger partial charge in [0.05, 0.1) is 0 Å². The van der Waals surface area contributed by atoms with Crippen LogP contribution >= 0.6 is 0 Å². The van der Waals surface area contributed by atoms with E-state index in [1.165, 1.54) is 238 Å². The van der Waals surface area contributed by atoms with E-state index in [0.29, 0.717) is 19.3 Å². The van der Waals surface area contributed by atoms with Crippen LogP contribution in [-0.4, -0.2) is 37.2 Å². The first kappa shape index (κ1) is 75.4. The van der Waals surface area contributed by atoms with Gasteiger partial charge in [-0.1, -0.05) is 345 Å². The number of carbonyl (C=O) groups is 3.